The van der Waals surface area contributed by atoms with Crippen molar-refractivity contribution in [3.63, 3.8) is 0 Å². The summed E-state index contributed by atoms with van der Waals surface area (Å²) < 4.78 is 33.6. The average Bonchev–Trinajstić information content (AvgIpc) is 2.42. The van der Waals surface area contributed by atoms with E-state index in [0.717, 1.165) is 19.3 Å². The van der Waals surface area contributed by atoms with Gasteiger partial charge in [-0.2, -0.15) is 8.42 Å². The van der Waals surface area contributed by atoms with Crippen molar-refractivity contribution in [2.75, 3.05) is 0 Å². The van der Waals surface area contributed by atoms with Gasteiger partial charge in [-0.3, -0.25) is 0 Å². The van der Waals surface area contributed by atoms with E-state index in [1.807, 2.05) is 0 Å². The molecule has 0 aromatic heterocycles. The minimum atomic E-state index is -4.23. The summed E-state index contributed by atoms with van der Waals surface area (Å²) in [7, 11) is -4.23. The number of fused-ring (bicyclic) bond motifs is 2. The van der Waals surface area contributed by atoms with Crippen LogP contribution in [-0.2, 0) is 10.2 Å². The molecule has 0 aliphatic heterocycles. The molecule has 2 aliphatic carbocycles. The normalized spacial score (nSPS) is 43.2. The van der Waals surface area contributed by atoms with Crippen molar-refractivity contribution in [2.45, 2.75) is 30.9 Å². The third-order valence-corrected chi connectivity index (χ3v) is 4.34. The number of rotatable bonds is 1. The van der Waals surface area contributed by atoms with Gasteiger partial charge in [0.1, 0.15) is 0 Å². The maximum absolute atomic E-state index is 12.5. The highest BCUT2D eigenvalue weighted by molar-refractivity contribution is 7.87. The zero-order valence-electron chi connectivity index (χ0n) is 6.16. The van der Waals surface area contributed by atoms with Gasteiger partial charge in [0.05, 0.1) is 5.25 Å². The monoisotopic (exact) mass is 178 g/mol. The van der Waals surface area contributed by atoms with Gasteiger partial charge < -0.3 is 0 Å². The van der Waals surface area contributed by atoms with E-state index in [0.29, 0.717) is 12.3 Å². The van der Waals surface area contributed by atoms with Crippen molar-refractivity contribution < 1.29 is 12.3 Å². The Bertz CT molecular complexity index is 260. The molecule has 2 bridgehead atoms. The number of halogens is 1. The molecule has 2 fully saturated rings. The number of hydrogen-bond acceptors (Lipinski definition) is 2. The molecule has 11 heavy (non-hydrogen) atoms. The Morgan fingerprint density at radius 3 is 2.18 bits per heavy atom. The summed E-state index contributed by atoms with van der Waals surface area (Å²) in [6, 6.07) is 0. The lowest BCUT2D eigenvalue weighted by atomic mass is 10.0. The van der Waals surface area contributed by atoms with Crippen LogP contribution in [0.1, 0.15) is 25.7 Å². The fraction of sp³-hybridized carbons (Fsp3) is 1.00. The highest BCUT2D eigenvalue weighted by Crippen LogP contribution is 2.47. The molecule has 0 heterocycles. The van der Waals surface area contributed by atoms with Gasteiger partial charge in [0.25, 0.3) is 0 Å². The smallest absolute Gasteiger partial charge is 0.195 e. The largest absolute Gasteiger partial charge is 0.305 e. The zero-order valence-corrected chi connectivity index (χ0v) is 6.98. The van der Waals surface area contributed by atoms with Crippen molar-refractivity contribution in [2.24, 2.45) is 11.8 Å². The van der Waals surface area contributed by atoms with Crippen LogP contribution in [0, 0.1) is 11.8 Å². The van der Waals surface area contributed by atoms with Crippen LogP contribution in [0.4, 0.5) is 3.89 Å². The molecular formula is C7H11FO2S. The van der Waals surface area contributed by atoms with E-state index in [1.54, 1.807) is 0 Å². The highest BCUT2D eigenvalue weighted by Gasteiger charge is 2.46. The van der Waals surface area contributed by atoms with Gasteiger partial charge in [-0.15, -0.1) is 3.89 Å². The maximum Gasteiger partial charge on any atom is 0.305 e. The van der Waals surface area contributed by atoms with E-state index < -0.39 is 15.5 Å². The molecule has 0 aromatic rings. The SMILES string of the molecule is O=S(=O)(F)[C@H]1C[C@H]2CC[C@H]1C2. The fourth-order valence-electron chi connectivity index (χ4n) is 2.53. The van der Waals surface area contributed by atoms with Gasteiger partial charge in [-0.1, -0.05) is 6.42 Å². The van der Waals surface area contributed by atoms with Gasteiger partial charge in [0.2, 0.25) is 0 Å². The topological polar surface area (TPSA) is 34.1 Å². The second kappa shape index (κ2) is 2.19. The Morgan fingerprint density at radius 2 is 1.91 bits per heavy atom. The highest BCUT2D eigenvalue weighted by atomic mass is 32.3. The predicted molar refractivity (Wildman–Crippen MR) is 39.3 cm³/mol. The summed E-state index contributed by atoms with van der Waals surface area (Å²) in [5, 5.41) is -0.652. The molecule has 3 atom stereocenters. The number of hydrogen-bond donors (Lipinski definition) is 0. The van der Waals surface area contributed by atoms with Crippen molar-refractivity contribution in [1.29, 1.82) is 0 Å². The lowest BCUT2D eigenvalue weighted by molar-refractivity contribution is 0.446. The Hall–Kier alpha value is -0.120. The third-order valence-electron chi connectivity index (χ3n) is 3.03. The summed E-state index contributed by atoms with van der Waals surface area (Å²) >= 11 is 0. The van der Waals surface area contributed by atoms with Crippen molar-refractivity contribution in [3.05, 3.63) is 0 Å². The van der Waals surface area contributed by atoms with E-state index in [9.17, 15) is 12.3 Å². The van der Waals surface area contributed by atoms with E-state index in [4.69, 9.17) is 0 Å². The first-order valence-electron chi connectivity index (χ1n) is 4.01. The molecule has 0 aromatic carbocycles. The maximum atomic E-state index is 12.5. The third kappa shape index (κ3) is 1.17. The van der Waals surface area contributed by atoms with Crippen LogP contribution in [0.3, 0.4) is 0 Å². The van der Waals surface area contributed by atoms with Gasteiger partial charge in [0, 0.05) is 0 Å². The molecule has 2 rings (SSSR count). The van der Waals surface area contributed by atoms with Crippen LogP contribution in [0.25, 0.3) is 0 Å². The van der Waals surface area contributed by atoms with Gasteiger partial charge in [0.15, 0.2) is 0 Å². The molecule has 0 unspecified atom stereocenters. The fourth-order valence-corrected chi connectivity index (χ4v) is 3.74. The van der Waals surface area contributed by atoms with Gasteiger partial charge >= 0.3 is 10.2 Å². The van der Waals surface area contributed by atoms with Crippen LogP contribution in [0.5, 0.6) is 0 Å². The first-order chi connectivity index (χ1) is 5.07. The summed E-state index contributed by atoms with van der Waals surface area (Å²) in [6.45, 7) is 0. The van der Waals surface area contributed by atoms with E-state index in [1.165, 1.54) is 0 Å². The minimum Gasteiger partial charge on any atom is -0.195 e. The van der Waals surface area contributed by atoms with Crippen LogP contribution in [0.2, 0.25) is 0 Å². The molecule has 0 spiro atoms. The lowest BCUT2D eigenvalue weighted by Gasteiger charge is -2.16. The molecule has 0 amide bonds. The molecule has 4 heteroatoms. The summed E-state index contributed by atoms with van der Waals surface area (Å²) in [5.74, 6) is 0.630. The summed E-state index contributed by atoms with van der Waals surface area (Å²) in [5.41, 5.74) is 0. The van der Waals surface area contributed by atoms with E-state index >= 15 is 0 Å². The molecule has 2 nitrogen and oxygen atoms in total. The first-order valence-corrected chi connectivity index (χ1v) is 5.45. The summed E-state index contributed by atoms with van der Waals surface area (Å²) in [4.78, 5) is 0. The Balaban J connectivity index is 2.21. The molecule has 2 saturated carbocycles. The van der Waals surface area contributed by atoms with Gasteiger partial charge in [-0.25, -0.2) is 0 Å². The molecule has 64 valence electrons. The van der Waals surface area contributed by atoms with E-state index in [2.05, 4.69) is 0 Å². The van der Waals surface area contributed by atoms with Crippen LogP contribution >= 0.6 is 0 Å². The second-order valence-corrected chi connectivity index (χ2v) is 5.25. The average molecular weight is 178 g/mol. The van der Waals surface area contributed by atoms with Gasteiger partial charge in [-0.05, 0) is 31.1 Å². The Labute approximate surface area is 66.0 Å². The van der Waals surface area contributed by atoms with Crippen LogP contribution < -0.4 is 0 Å². The molecule has 2 aliphatic rings. The standard InChI is InChI=1S/C7H11FO2S/c8-11(9,10)7-4-5-1-2-6(7)3-5/h5-7H,1-4H2/t5-,6-,7-/m0/s1. The molecule has 0 saturated heterocycles. The second-order valence-electron chi connectivity index (χ2n) is 3.69. The van der Waals surface area contributed by atoms with Crippen LogP contribution in [-0.4, -0.2) is 13.7 Å². The van der Waals surface area contributed by atoms with Crippen molar-refractivity contribution >= 4 is 10.2 Å². The quantitative estimate of drug-likeness (QED) is 0.570. The van der Waals surface area contributed by atoms with Crippen LogP contribution in [0.15, 0.2) is 0 Å². The lowest BCUT2D eigenvalue weighted by Crippen LogP contribution is -2.23. The minimum absolute atomic E-state index is 0.134. The molecular weight excluding hydrogens is 167 g/mol. The van der Waals surface area contributed by atoms with Crippen molar-refractivity contribution in [1.82, 2.24) is 0 Å². The first kappa shape index (κ1) is 7.53. The zero-order chi connectivity index (χ0) is 8.06. The molecule has 0 N–H and O–H groups in total. The predicted octanol–water partition coefficient (Wildman–Crippen LogP) is 1.47. The summed E-state index contributed by atoms with van der Waals surface area (Å²) in [6.07, 6.45) is 3.53. The van der Waals surface area contributed by atoms with E-state index in [-0.39, 0.29) is 5.92 Å². The van der Waals surface area contributed by atoms with Crippen molar-refractivity contribution in [3.8, 4) is 0 Å². The molecule has 0 radical (unpaired) electrons. The Morgan fingerprint density at radius 1 is 1.18 bits per heavy atom. The Kier molecular flexibility index (Phi) is 1.50.